The fraction of sp³-hybridized carbons (Fsp3) is 0.0938. The first-order valence-corrected chi connectivity index (χ1v) is 12.4. The number of carbonyl (C=O) groups excluding carboxylic acids is 2. The van der Waals surface area contributed by atoms with E-state index in [4.69, 9.17) is 9.84 Å². The van der Waals surface area contributed by atoms with Crippen LogP contribution in [0.2, 0.25) is 0 Å². The molecule has 6 nitrogen and oxygen atoms in total. The molecule has 0 radical (unpaired) electrons. The third-order valence-electron chi connectivity index (χ3n) is 6.29. The zero-order valence-corrected chi connectivity index (χ0v) is 21.7. The van der Waals surface area contributed by atoms with Crippen molar-refractivity contribution in [2.24, 2.45) is 0 Å². The largest absolute Gasteiger partial charge is 0.407 e. The minimum absolute atomic E-state index is 0.220. The van der Waals surface area contributed by atoms with Gasteiger partial charge in [0.25, 0.3) is 5.91 Å². The molecule has 0 aliphatic carbocycles. The van der Waals surface area contributed by atoms with Gasteiger partial charge in [-0.15, -0.1) is 0 Å². The number of hydrogen-bond donors (Lipinski definition) is 1. The van der Waals surface area contributed by atoms with Gasteiger partial charge in [0.05, 0.1) is 11.3 Å². The summed E-state index contributed by atoms with van der Waals surface area (Å²) in [6, 6.07) is 28.1. The second kappa shape index (κ2) is 10.8. The van der Waals surface area contributed by atoms with Crippen LogP contribution in [0.25, 0.3) is 28.1 Å². The molecule has 1 heterocycles. The van der Waals surface area contributed by atoms with Gasteiger partial charge in [0.15, 0.2) is 0 Å². The van der Waals surface area contributed by atoms with E-state index in [2.05, 4.69) is 5.32 Å². The average molecular weight is 520 g/mol. The Hall–Kier alpha value is -5.04. The van der Waals surface area contributed by atoms with Gasteiger partial charge >= 0.3 is 5.97 Å². The second-order valence-electron chi connectivity index (χ2n) is 9.23. The van der Waals surface area contributed by atoms with Crippen LogP contribution in [-0.4, -0.2) is 21.7 Å². The van der Waals surface area contributed by atoms with Crippen LogP contribution in [0, 0.1) is 19.7 Å². The number of amides is 1. The molecule has 39 heavy (non-hydrogen) atoms. The number of benzene rings is 4. The number of aryl methyl sites for hydroxylation is 2. The maximum Gasteiger partial charge on any atom is 0.309 e. The number of halogens is 1. The fourth-order valence-electron chi connectivity index (χ4n) is 4.30. The molecule has 5 rings (SSSR count). The van der Waals surface area contributed by atoms with Crippen LogP contribution in [0.15, 0.2) is 97.1 Å². The minimum atomic E-state index is -0.501. The third-order valence-corrected chi connectivity index (χ3v) is 6.29. The van der Waals surface area contributed by atoms with Crippen LogP contribution in [0.5, 0.6) is 5.88 Å². The smallest absolute Gasteiger partial charge is 0.309 e. The van der Waals surface area contributed by atoms with Crippen molar-refractivity contribution in [2.75, 3.05) is 5.32 Å². The SMILES string of the molecule is CC(=O)Oc1c(-c2ccc(NC(=O)c3ccc(C)cc3)cc2)c(-c2ccc(F)cc2)nn1-c1ccccc1C. The number of rotatable bonds is 6. The van der Waals surface area contributed by atoms with Crippen LogP contribution >= 0.6 is 0 Å². The van der Waals surface area contributed by atoms with Crippen LogP contribution in [-0.2, 0) is 4.79 Å². The Morgan fingerprint density at radius 2 is 1.46 bits per heavy atom. The summed E-state index contributed by atoms with van der Waals surface area (Å²) in [5, 5.41) is 7.74. The quantitative estimate of drug-likeness (QED) is 0.242. The highest BCUT2D eigenvalue weighted by atomic mass is 19.1. The molecule has 1 N–H and O–H groups in total. The number of aromatic nitrogens is 2. The molecule has 4 aromatic carbocycles. The molecule has 1 amide bonds. The van der Waals surface area contributed by atoms with Crippen molar-refractivity contribution in [1.82, 2.24) is 9.78 Å². The van der Waals surface area contributed by atoms with Crippen LogP contribution in [0.1, 0.15) is 28.4 Å². The number of anilines is 1. The number of para-hydroxylation sites is 1. The Morgan fingerprint density at radius 3 is 2.10 bits per heavy atom. The van der Waals surface area contributed by atoms with Crippen molar-refractivity contribution in [2.45, 2.75) is 20.8 Å². The van der Waals surface area contributed by atoms with Crippen LogP contribution < -0.4 is 10.1 Å². The number of ether oxygens (including phenoxy) is 1. The Morgan fingerprint density at radius 1 is 0.821 bits per heavy atom. The highest BCUT2D eigenvalue weighted by Gasteiger charge is 2.25. The maximum absolute atomic E-state index is 13.8. The van der Waals surface area contributed by atoms with E-state index >= 15 is 0 Å². The van der Waals surface area contributed by atoms with E-state index < -0.39 is 5.97 Å². The van der Waals surface area contributed by atoms with Gasteiger partial charge in [0, 0.05) is 23.7 Å². The van der Waals surface area contributed by atoms with Crippen molar-refractivity contribution in [3.63, 3.8) is 0 Å². The molecule has 0 bridgehead atoms. The second-order valence-corrected chi connectivity index (χ2v) is 9.23. The zero-order valence-electron chi connectivity index (χ0n) is 21.7. The van der Waals surface area contributed by atoms with Crippen LogP contribution in [0.3, 0.4) is 0 Å². The van der Waals surface area contributed by atoms with Crippen LogP contribution in [0.4, 0.5) is 10.1 Å². The van der Waals surface area contributed by atoms with Gasteiger partial charge in [0.1, 0.15) is 11.5 Å². The normalized spacial score (nSPS) is 10.8. The van der Waals surface area contributed by atoms with Gasteiger partial charge in [-0.05, 0) is 79.6 Å². The molecule has 0 fully saturated rings. The Labute approximate surface area is 225 Å². The Kier molecular flexibility index (Phi) is 7.06. The van der Waals surface area contributed by atoms with Crippen molar-refractivity contribution in [3.8, 4) is 34.0 Å². The topological polar surface area (TPSA) is 73.2 Å². The first kappa shape index (κ1) is 25.6. The van der Waals surface area contributed by atoms with E-state index in [1.54, 1.807) is 41.1 Å². The number of esters is 1. The summed E-state index contributed by atoms with van der Waals surface area (Å²) in [7, 11) is 0. The van der Waals surface area contributed by atoms with Crippen molar-refractivity contribution >= 4 is 17.6 Å². The molecule has 0 spiro atoms. The first-order valence-electron chi connectivity index (χ1n) is 12.4. The molecule has 0 unspecified atom stereocenters. The van der Waals surface area contributed by atoms with E-state index in [-0.39, 0.29) is 17.6 Å². The van der Waals surface area contributed by atoms with Crippen molar-refractivity contribution in [1.29, 1.82) is 0 Å². The lowest BCUT2D eigenvalue weighted by molar-refractivity contribution is -0.132. The standard InChI is InChI=1S/C32H26FN3O3/c1-20-8-10-25(11-9-20)31(38)34-27-18-14-23(15-19-27)29-30(24-12-16-26(33)17-13-24)35-36(32(29)39-22(3)37)28-7-5-4-6-21(28)2/h4-19H,1-3H3,(H,34,38). The van der Waals surface area contributed by atoms with E-state index in [0.717, 1.165) is 16.8 Å². The van der Waals surface area contributed by atoms with Crippen molar-refractivity contribution < 1.29 is 18.7 Å². The molecule has 0 saturated heterocycles. The third kappa shape index (κ3) is 5.48. The first-order chi connectivity index (χ1) is 18.8. The summed E-state index contributed by atoms with van der Waals surface area (Å²) >= 11 is 0. The number of carbonyl (C=O) groups is 2. The summed E-state index contributed by atoms with van der Waals surface area (Å²) < 4.78 is 21.1. The summed E-state index contributed by atoms with van der Waals surface area (Å²) in [6.07, 6.45) is 0. The lowest BCUT2D eigenvalue weighted by Crippen LogP contribution is -2.11. The van der Waals surface area contributed by atoms with Gasteiger partial charge in [-0.2, -0.15) is 9.78 Å². The predicted octanol–water partition coefficient (Wildman–Crippen LogP) is 7.14. The van der Waals surface area contributed by atoms with Gasteiger partial charge in [0.2, 0.25) is 5.88 Å². The Balaban J connectivity index is 1.61. The highest BCUT2D eigenvalue weighted by molar-refractivity contribution is 6.04. The monoisotopic (exact) mass is 519 g/mol. The molecule has 194 valence electrons. The number of nitrogens with zero attached hydrogens (tertiary/aromatic N) is 2. The van der Waals surface area contributed by atoms with E-state index in [0.29, 0.717) is 33.6 Å². The average Bonchev–Trinajstić information content (AvgIpc) is 3.28. The molecule has 7 heteroatoms. The van der Waals surface area contributed by atoms with Gasteiger partial charge < -0.3 is 10.1 Å². The van der Waals surface area contributed by atoms with Gasteiger partial charge in [-0.3, -0.25) is 9.59 Å². The van der Waals surface area contributed by atoms with Gasteiger partial charge in [-0.1, -0.05) is 48.0 Å². The molecule has 0 aliphatic rings. The zero-order chi connectivity index (χ0) is 27.5. The van der Waals surface area contributed by atoms with Gasteiger partial charge in [-0.25, -0.2) is 4.39 Å². The molecular weight excluding hydrogens is 493 g/mol. The summed E-state index contributed by atoms with van der Waals surface area (Å²) in [5.41, 5.74) is 6.35. The van der Waals surface area contributed by atoms with E-state index in [1.165, 1.54) is 19.1 Å². The fourth-order valence-corrected chi connectivity index (χ4v) is 4.30. The molecule has 0 atom stereocenters. The lowest BCUT2D eigenvalue weighted by Gasteiger charge is -2.12. The molecular formula is C32H26FN3O3. The number of nitrogens with one attached hydrogen (secondary N) is 1. The molecule has 0 aliphatic heterocycles. The van der Waals surface area contributed by atoms with E-state index in [9.17, 15) is 14.0 Å². The predicted molar refractivity (Wildman–Crippen MR) is 150 cm³/mol. The summed E-state index contributed by atoms with van der Waals surface area (Å²) in [6.45, 7) is 5.24. The summed E-state index contributed by atoms with van der Waals surface area (Å²) in [4.78, 5) is 24.9. The van der Waals surface area contributed by atoms with Crippen molar-refractivity contribution in [3.05, 3.63) is 120 Å². The highest BCUT2D eigenvalue weighted by Crippen LogP contribution is 2.41. The minimum Gasteiger partial charge on any atom is -0.407 e. The van der Waals surface area contributed by atoms with E-state index in [1.807, 2.05) is 62.4 Å². The molecule has 5 aromatic rings. The Bertz CT molecular complexity index is 1660. The number of hydrogen-bond acceptors (Lipinski definition) is 4. The molecule has 1 aromatic heterocycles. The lowest BCUT2D eigenvalue weighted by atomic mass is 10.0. The summed E-state index contributed by atoms with van der Waals surface area (Å²) in [5.74, 6) is -0.846. The maximum atomic E-state index is 13.8. The molecule has 0 saturated carbocycles.